The SMILES string of the molecule is CNC(=O)[C@@H](C)N(Cc1ccccc1)C(=O)CN(c1ccccc1)S(C)(=O)=O. The number of nitrogens with zero attached hydrogens (tertiary/aromatic N) is 2. The second kappa shape index (κ2) is 9.36. The van der Waals surface area contributed by atoms with Crippen LogP contribution >= 0.6 is 0 Å². The van der Waals surface area contributed by atoms with Gasteiger partial charge in [0.2, 0.25) is 21.8 Å². The van der Waals surface area contributed by atoms with Gasteiger partial charge >= 0.3 is 0 Å². The van der Waals surface area contributed by atoms with Crippen LogP contribution in [-0.2, 0) is 26.2 Å². The molecule has 8 heteroatoms. The fourth-order valence-electron chi connectivity index (χ4n) is 2.78. The summed E-state index contributed by atoms with van der Waals surface area (Å²) in [5, 5.41) is 2.54. The Morgan fingerprint density at radius 3 is 2.04 bits per heavy atom. The first-order valence-corrected chi connectivity index (χ1v) is 10.7. The van der Waals surface area contributed by atoms with Gasteiger partial charge < -0.3 is 10.2 Å². The first kappa shape index (κ1) is 21.4. The van der Waals surface area contributed by atoms with Gasteiger partial charge in [-0.1, -0.05) is 48.5 Å². The minimum Gasteiger partial charge on any atom is -0.357 e. The molecule has 0 aliphatic heterocycles. The van der Waals surface area contributed by atoms with Crippen LogP contribution in [0.5, 0.6) is 0 Å². The Morgan fingerprint density at radius 2 is 1.54 bits per heavy atom. The van der Waals surface area contributed by atoms with Crippen molar-refractivity contribution in [1.29, 1.82) is 0 Å². The number of benzene rings is 2. The molecule has 0 heterocycles. The maximum atomic E-state index is 13.1. The van der Waals surface area contributed by atoms with Crippen molar-refractivity contribution in [3.05, 3.63) is 66.2 Å². The summed E-state index contributed by atoms with van der Waals surface area (Å²) in [4.78, 5) is 26.6. The number of rotatable bonds is 8. The highest BCUT2D eigenvalue weighted by atomic mass is 32.2. The zero-order valence-electron chi connectivity index (χ0n) is 16.2. The third kappa shape index (κ3) is 5.56. The lowest BCUT2D eigenvalue weighted by Crippen LogP contribution is -2.50. The van der Waals surface area contributed by atoms with E-state index in [0.717, 1.165) is 16.1 Å². The lowest BCUT2D eigenvalue weighted by atomic mass is 10.1. The molecule has 2 rings (SSSR count). The van der Waals surface area contributed by atoms with Crippen molar-refractivity contribution in [2.24, 2.45) is 0 Å². The molecule has 0 aromatic heterocycles. The number of sulfonamides is 1. The molecule has 2 amide bonds. The first-order chi connectivity index (χ1) is 13.2. The second-order valence-electron chi connectivity index (χ2n) is 6.40. The molecule has 0 spiro atoms. The van der Waals surface area contributed by atoms with E-state index in [1.807, 2.05) is 30.3 Å². The van der Waals surface area contributed by atoms with Gasteiger partial charge in [0.15, 0.2) is 0 Å². The number of amides is 2. The maximum Gasteiger partial charge on any atom is 0.244 e. The Kier molecular flexibility index (Phi) is 7.17. The average Bonchev–Trinajstić information content (AvgIpc) is 2.69. The van der Waals surface area contributed by atoms with Crippen LogP contribution in [0.15, 0.2) is 60.7 Å². The van der Waals surface area contributed by atoms with Gasteiger partial charge in [-0.25, -0.2) is 8.42 Å². The van der Waals surface area contributed by atoms with Crippen molar-refractivity contribution in [3.8, 4) is 0 Å². The summed E-state index contributed by atoms with van der Waals surface area (Å²) in [6.07, 6.45) is 1.05. The number of hydrogen-bond acceptors (Lipinski definition) is 4. The third-order valence-corrected chi connectivity index (χ3v) is 5.47. The molecular weight excluding hydrogens is 378 g/mol. The zero-order valence-corrected chi connectivity index (χ0v) is 17.0. The molecule has 0 aliphatic rings. The van der Waals surface area contributed by atoms with Gasteiger partial charge in [0, 0.05) is 13.6 Å². The van der Waals surface area contributed by atoms with Crippen LogP contribution in [0.1, 0.15) is 12.5 Å². The van der Waals surface area contributed by atoms with Crippen molar-refractivity contribution in [2.45, 2.75) is 19.5 Å². The zero-order chi connectivity index (χ0) is 20.7. The van der Waals surface area contributed by atoms with E-state index in [-0.39, 0.29) is 12.5 Å². The van der Waals surface area contributed by atoms with Gasteiger partial charge in [-0.2, -0.15) is 0 Å². The maximum absolute atomic E-state index is 13.1. The minimum absolute atomic E-state index is 0.195. The van der Waals surface area contributed by atoms with Crippen LogP contribution in [0.3, 0.4) is 0 Å². The van der Waals surface area contributed by atoms with Crippen LogP contribution in [0.25, 0.3) is 0 Å². The highest BCUT2D eigenvalue weighted by molar-refractivity contribution is 7.92. The largest absolute Gasteiger partial charge is 0.357 e. The van der Waals surface area contributed by atoms with Crippen molar-refractivity contribution < 1.29 is 18.0 Å². The molecule has 0 saturated carbocycles. The molecule has 1 N–H and O–H groups in total. The number of likely N-dealkylation sites (N-methyl/N-ethyl adjacent to an activating group) is 1. The number of anilines is 1. The Morgan fingerprint density at radius 1 is 1.00 bits per heavy atom. The lowest BCUT2D eigenvalue weighted by molar-refractivity contribution is -0.139. The van der Waals surface area contributed by atoms with E-state index in [1.54, 1.807) is 37.3 Å². The van der Waals surface area contributed by atoms with E-state index in [0.29, 0.717) is 5.69 Å². The van der Waals surface area contributed by atoms with Gasteiger partial charge in [-0.05, 0) is 24.6 Å². The summed E-state index contributed by atoms with van der Waals surface area (Å²) in [7, 11) is -2.19. The average molecular weight is 404 g/mol. The molecule has 2 aromatic carbocycles. The molecule has 1 atom stereocenters. The fraction of sp³-hybridized carbons (Fsp3) is 0.300. The Bertz CT molecular complexity index is 902. The smallest absolute Gasteiger partial charge is 0.244 e. The van der Waals surface area contributed by atoms with Gasteiger partial charge in [0.1, 0.15) is 12.6 Å². The number of para-hydroxylation sites is 1. The Balaban J connectivity index is 2.33. The van der Waals surface area contributed by atoms with Crippen LogP contribution in [0, 0.1) is 0 Å². The van der Waals surface area contributed by atoms with E-state index < -0.39 is 28.5 Å². The third-order valence-electron chi connectivity index (χ3n) is 4.33. The highest BCUT2D eigenvalue weighted by Gasteiger charge is 2.29. The number of carbonyl (C=O) groups is 2. The topological polar surface area (TPSA) is 86.8 Å². The van der Waals surface area contributed by atoms with E-state index >= 15 is 0 Å². The molecule has 0 saturated heterocycles. The summed E-state index contributed by atoms with van der Waals surface area (Å²) in [6, 6.07) is 16.9. The van der Waals surface area contributed by atoms with Crippen molar-refractivity contribution in [3.63, 3.8) is 0 Å². The van der Waals surface area contributed by atoms with E-state index in [1.165, 1.54) is 11.9 Å². The molecule has 2 aromatic rings. The molecule has 28 heavy (non-hydrogen) atoms. The summed E-state index contributed by atoms with van der Waals surface area (Å²) in [5.74, 6) is -0.788. The lowest BCUT2D eigenvalue weighted by Gasteiger charge is -2.31. The van der Waals surface area contributed by atoms with Gasteiger partial charge in [0.25, 0.3) is 0 Å². The normalized spacial score (nSPS) is 12.1. The van der Waals surface area contributed by atoms with Crippen LogP contribution < -0.4 is 9.62 Å². The molecule has 150 valence electrons. The van der Waals surface area contributed by atoms with Crippen molar-refractivity contribution in [1.82, 2.24) is 10.2 Å². The van der Waals surface area contributed by atoms with E-state index in [9.17, 15) is 18.0 Å². The summed E-state index contributed by atoms with van der Waals surface area (Å²) < 4.78 is 25.6. The van der Waals surface area contributed by atoms with Crippen molar-refractivity contribution >= 4 is 27.5 Å². The minimum atomic E-state index is -3.69. The van der Waals surface area contributed by atoms with Gasteiger partial charge in [0.05, 0.1) is 11.9 Å². The fourth-order valence-corrected chi connectivity index (χ4v) is 3.63. The molecule has 0 radical (unpaired) electrons. The standard InChI is InChI=1S/C20H25N3O4S/c1-16(20(25)21-2)22(14-17-10-6-4-7-11-17)19(24)15-23(28(3,26)27)18-12-8-5-9-13-18/h4-13,16H,14-15H2,1-3H3,(H,21,25)/t16-/m1/s1. The predicted octanol–water partition coefficient (Wildman–Crippen LogP) is 1.62. The van der Waals surface area contributed by atoms with Crippen LogP contribution in [0.2, 0.25) is 0 Å². The Hall–Kier alpha value is -2.87. The first-order valence-electron chi connectivity index (χ1n) is 8.81. The van der Waals surface area contributed by atoms with Crippen LogP contribution in [0.4, 0.5) is 5.69 Å². The number of nitrogens with one attached hydrogen (secondary N) is 1. The van der Waals surface area contributed by atoms with Gasteiger partial charge in [-0.15, -0.1) is 0 Å². The molecule has 0 aliphatic carbocycles. The van der Waals surface area contributed by atoms with E-state index in [2.05, 4.69) is 5.32 Å². The number of hydrogen-bond donors (Lipinski definition) is 1. The molecular formula is C20H25N3O4S. The van der Waals surface area contributed by atoms with E-state index in [4.69, 9.17) is 0 Å². The quantitative estimate of drug-likeness (QED) is 0.726. The molecule has 0 unspecified atom stereocenters. The molecule has 0 fully saturated rings. The summed E-state index contributed by atoms with van der Waals surface area (Å²) in [6.45, 7) is 1.42. The van der Waals surface area contributed by atoms with Crippen molar-refractivity contribution in [2.75, 3.05) is 24.2 Å². The Labute approximate surface area is 166 Å². The monoisotopic (exact) mass is 403 g/mol. The van der Waals surface area contributed by atoms with Gasteiger partial charge in [-0.3, -0.25) is 13.9 Å². The molecule has 7 nitrogen and oxygen atoms in total. The highest BCUT2D eigenvalue weighted by Crippen LogP contribution is 2.18. The summed E-state index contributed by atoms with van der Waals surface area (Å²) >= 11 is 0. The predicted molar refractivity (Wildman–Crippen MR) is 109 cm³/mol. The summed E-state index contributed by atoms with van der Waals surface area (Å²) in [5.41, 5.74) is 1.24. The number of carbonyl (C=O) groups excluding carboxylic acids is 2. The molecule has 0 bridgehead atoms. The second-order valence-corrected chi connectivity index (χ2v) is 8.31. The van der Waals surface area contributed by atoms with Crippen LogP contribution in [-0.4, -0.2) is 51.0 Å².